The van der Waals surface area contributed by atoms with E-state index in [0.29, 0.717) is 0 Å². The van der Waals surface area contributed by atoms with Crippen LogP contribution in [0.3, 0.4) is 0 Å². The van der Waals surface area contributed by atoms with E-state index in [0.717, 1.165) is 5.56 Å². The summed E-state index contributed by atoms with van der Waals surface area (Å²) >= 11 is 0. The molecule has 1 aromatic rings. The molecular formula is C16H28O3Si. The average Bonchev–Trinajstić information content (AvgIpc) is 2.38. The third-order valence-corrected chi connectivity index (χ3v) is 8.63. The maximum atomic E-state index is 9.57. The molecule has 3 nitrogen and oxygen atoms in total. The predicted molar refractivity (Wildman–Crippen MR) is 85.3 cm³/mol. The summed E-state index contributed by atoms with van der Waals surface area (Å²) in [5, 5.41) is 9.69. The summed E-state index contributed by atoms with van der Waals surface area (Å²) in [6, 6.07) is 10.0. The molecule has 0 aromatic heterocycles. The Morgan fingerprint density at radius 3 is 2.10 bits per heavy atom. The summed E-state index contributed by atoms with van der Waals surface area (Å²) in [4.78, 5) is 0. The van der Waals surface area contributed by atoms with Crippen LogP contribution < -0.4 is 0 Å². The molecule has 2 atom stereocenters. The molecule has 0 heterocycles. The lowest BCUT2D eigenvalue weighted by Gasteiger charge is -2.41. The van der Waals surface area contributed by atoms with Gasteiger partial charge in [0.2, 0.25) is 0 Å². The standard InChI is InChI=1S/C16H28O3Si/c1-16(2,3)20(5,6)19-15(14(12-17)18-4)13-10-8-7-9-11-13/h7-11,14-15,17H,12H2,1-6H3/t14-,15-/m0/s1. The minimum atomic E-state index is -1.94. The molecule has 0 fully saturated rings. The molecule has 0 saturated heterocycles. The van der Waals surface area contributed by atoms with Crippen LogP contribution in [-0.4, -0.2) is 33.2 Å². The van der Waals surface area contributed by atoms with Gasteiger partial charge in [-0.2, -0.15) is 0 Å². The largest absolute Gasteiger partial charge is 0.407 e. The van der Waals surface area contributed by atoms with Crippen LogP contribution in [0.2, 0.25) is 18.1 Å². The van der Waals surface area contributed by atoms with Crippen molar-refractivity contribution < 1.29 is 14.3 Å². The SMILES string of the molecule is CO[C@@H](CO)[C@@H](O[Si](C)(C)C(C)(C)C)c1ccccc1. The van der Waals surface area contributed by atoms with Crippen LogP contribution in [0.4, 0.5) is 0 Å². The van der Waals surface area contributed by atoms with Gasteiger partial charge < -0.3 is 14.3 Å². The van der Waals surface area contributed by atoms with E-state index in [4.69, 9.17) is 9.16 Å². The number of hydrogen-bond donors (Lipinski definition) is 1. The highest BCUT2D eigenvalue weighted by Gasteiger charge is 2.41. The fourth-order valence-electron chi connectivity index (χ4n) is 1.79. The Balaban J connectivity index is 3.07. The summed E-state index contributed by atoms with van der Waals surface area (Å²) in [6.07, 6.45) is -0.571. The van der Waals surface area contributed by atoms with E-state index < -0.39 is 8.32 Å². The second-order valence-corrected chi connectivity index (χ2v) is 11.4. The van der Waals surface area contributed by atoms with E-state index in [1.165, 1.54) is 0 Å². The highest BCUT2D eigenvalue weighted by atomic mass is 28.4. The molecule has 0 aliphatic rings. The number of aliphatic hydroxyl groups excluding tert-OH is 1. The van der Waals surface area contributed by atoms with Gasteiger partial charge in [-0.15, -0.1) is 0 Å². The Morgan fingerprint density at radius 2 is 1.70 bits per heavy atom. The van der Waals surface area contributed by atoms with Crippen molar-refractivity contribution in [2.75, 3.05) is 13.7 Å². The molecule has 20 heavy (non-hydrogen) atoms. The Hall–Kier alpha value is -0.683. The lowest BCUT2D eigenvalue weighted by Crippen LogP contribution is -2.44. The molecule has 1 rings (SSSR count). The van der Waals surface area contributed by atoms with E-state index in [1.54, 1.807) is 7.11 Å². The molecule has 0 aliphatic heterocycles. The first-order valence-corrected chi connectivity index (χ1v) is 10.00. The van der Waals surface area contributed by atoms with E-state index in [2.05, 4.69) is 33.9 Å². The van der Waals surface area contributed by atoms with Crippen LogP contribution >= 0.6 is 0 Å². The molecular weight excluding hydrogens is 268 g/mol. The van der Waals surface area contributed by atoms with E-state index in [-0.39, 0.29) is 23.9 Å². The Labute approximate surface area is 124 Å². The number of hydrogen-bond acceptors (Lipinski definition) is 3. The van der Waals surface area contributed by atoms with Gasteiger partial charge in [0.15, 0.2) is 8.32 Å². The predicted octanol–water partition coefficient (Wildman–Crippen LogP) is 3.76. The van der Waals surface area contributed by atoms with Gasteiger partial charge in [0, 0.05) is 7.11 Å². The van der Waals surface area contributed by atoms with E-state index in [1.807, 2.05) is 30.3 Å². The van der Waals surface area contributed by atoms with Crippen LogP contribution in [0.5, 0.6) is 0 Å². The van der Waals surface area contributed by atoms with Crippen molar-refractivity contribution in [1.82, 2.24) is 0 Å². The molecule has 0 spiro atoms. The van der Waals surface area contributed by atoms with Crippen molar-refractivity contribution >= 4 is 8.32 Å². The zero-order valence-electron chi connectivity index (χ0n) is 13.5. The van der Waals surface area contributed by atoms with E-state index in [9.17, 15) is 5.11 Å². The first kappa shape index (κ1) is 17.4. The summed E-state index contributed by atoms with van der Waals surface area (Å²) in [6.45, 7) is 11.0. The molecule has 0 unspecified atom stereocenters. The molecule has 4 heteroatoms. The molecule has 0 amide bonds. The fourth-order valence-corrected chi connectivity index (χ4v) is 3.07. The molecule has 1 N–H and O–H groups in total. The normalized spacial score (nSPS) is 15.9. The van der Waals surface area contributed by atoms with Crippen LogP contribution in [0, 0.1) is 0 Å². The molecule has 114 valence electrons. The maximum Gasteiger partial charge on any atom is 0.193 e. The number of benzene rings is 1. The van der Waals surface area contributed by atoms with Crippen molar-refractivity contribution in [2.24, 2.45) is 0 Å². The van der Waals surface area contributed by atoms with Gasteiger partial charge in [-0.3, -0.25) is 0 Å². The van der Waals surface area contributed by atoms with Gasteiger partial charge in [-0.1, -0.05) is 51.1 Å². The lowest BCUT2D eigenvalue weighted by atomic mass is 10.1. The van der Waals surface area contributed by atoms with Gasteiger partial charge in [0.25, 0.3) is 0 Å². The minimum Gasteiger partial charge on any atom is -0.407 e. The first-order chi connectivity index (χ1) is 9.23. The van der Waals surface area contributed by atoms with Crippen molar-refractivity contribution in [3.8, 4) is 0 Å². The second kappa shape index (κ2) is 6.85. The number of aliphatic hydroxyl groups is 1. The highest BCUT2D eigenvalue weighted by Crippen LogP contribution is 2.40. The van der Waals surface area contributed by atoms with Crippen molar-refractivity contribution in [1.29, 1.82) is 0 Å². The Morgan fingerprint density at radius 1 is 1.15 bits per heavy atom. The smallest absolute Gasteiger partial charge is 0.193 e. The monoisotopic (exact) mass is 296 g/mol. The maximum absolute atomic E-state index is 9.57. The van der Waals surface area contributed by atoms with Gasteiger partial charge in [0.05, 0.1) is 12.7 Å². The van der Waals surface area contributed by atoms with Crippen molar-refractivity contribution in [2.45, 2.75) is 51.1 Å². The van der Waals surface area contributed by atoms with Crippen LogP contribution in [-0.2, 0) is 9.16 Å². The van der Waals surface area contributed by atoms with Crippen molar-refractivity contribution in [3.63, 3.8) is 0 Å². The minimum absolute atomic E-state index is 0.0509. The first-order valence-electron chi connectivity index (χ1n) is 7.09. The van der Waals surface area contributed by atoms with Gasteiger partial charge in [-0.05, 0) is 23.7 Å². The third kappa shape index (κ3) is 4.15. The number of ether oxygens (including phenoxy) is 1. The molecule has 0 aliphatic carbocycles. The fraction of sp³-hybridized carbons (Fsp3) is 0.625. The average molecular weight is 296 g/mol. The zero-order valence-corrected chi connectivity index (χ0v) is 14.5. The molecule has 0 saturated carbocycles. The highest BCUT2D eigenvalue weighted by molar-refractivity contribution is 6.74. The van der Waals surface area contributed by atoms with Gasteiger partial charge in [-0.25, -0.2) is 0 Å². The number of methoxy groups -OCH3 is 1. The summed E-state index contributed by atoms with van der Waals surface area (Å²) in [5.74, 6) is 0. The molecule has 1 aromatic carbocycles. The number of rotatable bonds is 6. The Bertz CT molecular complexity index is 394. The van der Waals surface area contributed by atoms with Gasteiger partial charge >= 0.3 is 0 Å². The topological polar surface area (TPSA) is 38.7 Å². The van der Waals surface area contributed by atoms with E-state index >= 15 is 0 Å². The molecule has 0 bridgehead atoms. The second-order valence-electron chi connectivity index (χ2n) is 6.67. The van der Waals surface area contributed by atoms with Crippen molar-refractivity contribution in [3.05, 3.63) is 35.9 Å². The van der Waals surface area contributed by atoms with Crippen LogP contribution in [0.25, 0.3) is 0 Å². The van der Waals surface area contributed by atoms with Crippen LogP contribution in [0.15, 0.2) is 30.3 Å². The summed E-state index contributed by atoms with van der Waals surface area (Å²) in [5.41, 5.74) is 1.05. The summed E-state index contributed by atoms with van der Waals surface area (Å²) < 4.78 is 11.9. The van der Waals surface area contributed by atoms with Gasteiger partial charge in [0.1, 0.15) is 6.10 Å². The molecule has 0 radical (unpaired) electrons. The summed E-state index contributed by atoms with van der Waals surface area (Å²) in [7, 11) is -0.320. The lowest BCUT2D eigenvalue weighted by molar-refractivity contribution is -0.0364. The third-order valence-electron chi connectivity index (χ3n) is 4.18. The quantitative estimate of drug-likeness (QED) is 0.812. The zero-order chi connectivity index (χ0) is 15.4. The Kier molecular flexibility index (Phi) is 5.95. The van der Waals surface area contributed by atoms with Crippen LogP contribution in [0.1, 0.15) is 32.4 Å².